The van der Waals surface area contributed by atoms with Crippen molar-refractivity contribution in [3.63, 3.8) is 0 Å². The summed E-state index contributed by atoms with van der Waals surface area (Å²) in [6.07, 6.45) is 4.01. The molecule has 1 aromatic rings. The number of guanidine groups is 1. The van der Waals surface area contributed by atoms with Gasteiger partial charge in [-0.05, 0) is 57.7 Å². The number of halogens is 1. The number of hydrogen-bond acceptors (Lipinski definition) is 5. The highest BCUT2D eigenvalue weighted by Gasteiger charge is 2.17. The number of likely N-dealkylation sites (N-methyl/N-ethyl adjacent to an activating group) is 1. The van der Waals surface area contributed by atoms with E-state index in [1.165, 1.54) is 37.9 Å². The lowest BCUT2D eigenvalue weighted by atomic mass is 10.1. The Morgan fingerprint density at radius 1 is 1.10 bits per heavy atom. The second-order valence-electron chi connectivity index (χ2n) is 7.38. The summed E-state index contributed by atoms with van der Waals surface area (Å²) in [6.45, 7) is 5.15. The lowest BCUT2D eigenvalue weighted by molar-refractivity contribution is 0.232. The number of hydrogen-bond donors (Lipinski definition) is 2. The molecule has 0 amide bonds. The molecule has 7 nitrogen and oxygen atoms in total. The summed E-state index contributed by atoms with van der Waals surface area (Å²) in [6, 6.07) is 6.26. The third kappa shape index (κ3) is 8.18. The summed E-state index contributed by atoms with van der Waals surface area (Å²) >= 11 is 0. The van der Waals surface area contributed by atoms with E-state index in [9.17, 15) is 0 Å². The zero-order chi connectivity index (χ0) is 20.4. The van der Waals surface area contributed by atoms with Gasteiger partial charge in [0.1, 0.15) is 0 Å². The van der Waals surface area contributed by atoms with Crippen LogP contribution in [0.2, 0.25) is 0 Å². The number of methoxy groups -OCH3 is 2. The van der Waals surface area contributed by atoms with E-state index in [1.807, 2.05) is 19.2 Å². The molecule has 1 aromatic carbocycles. The summed E-state index contributed by atoms with van der Waals surface area (Å²) in [5.74, 6) is 2.33. The number of rotatable bonds is 9. The van der Waals surface area contributed by atoms with Gasteiger partial charge in [0.2, 0.25) is 0 Å². The fourth-order valence-corrected chi connectivity index (χ4v) is 3.59. The molecule has 0 saturated carbocycles. The zero-order valence-corrected chi connectivity index (χ0v) is 20.9. The molecule has 1 heterocycles. The Morgan fingerprint density at radius 2 is 1.79 bits per heavy atom. The van der Waals surface area contributed by atoms with Crippen molar-refractivity contribution >= 4 is 29.9 Å². The van der Waals surface area contributed by atoms with Crippen molar-refractivity contribution in [1.29, 1.82) is 0 Å². The Morgan fingerprint density at radius 3 is 2.38 bits per heavy atom. The summed E-state index contributed by atoms with van der Waals surface area (Å²) in [7, 11) is 9.29. The number of nitrogens with one attached hydrogen (secondary N) is 2. The Bertz CT molecular complexity index is 621. The normalized spacial score (nSPS) is 16.1. The van der Waals surface area contributed by atoms with Crippen LogP contribution in [0, 0.1) is 0 Å². The van der Waals surface area contributed by atoms with Crippen molar-refractivity contribution in [2.75, 3.05) is 68.1 Å². The minimum Gasteiger partial charge on any atom is -0.493 e. The van der Waals surface area contributed by atoms with Gasteiger partial charge < -0.3 is 29.9 Å². The van der Waals surface area contributed by atoms with Crippen LogP contribution in [0.1, 0.15) is 30.9 Å². The fourth-order valence-electron chi connectivity index (χ4n) is 3.59. The third-order valence-corrected chi connectivity index (χ3v) is 5.27. The summed E-state index contributed by atoms with van der Waals surface area (Å²) in [5, 5.41) is 6.90. The smallest absolute Gasteiger partial charge is 0.191 e. The van der Waals surface area contributed by atoms with E-state index >= 15 is 0 Å². The predicted molar refractivity (Wildman–Crippen MR) is 131 cm³/mol. The number of ether oxygens (including phenoxy) is 2. The number of aliphatic imine (C=N–C) groups is 1. The van der Waals surface area contributed by atoms with E-state index in [-0.39, 0.29) is 30.0 Å². The van der Waals surface area contributed by atoms with E-state index in [0.29, 0.717) is 0 Å². The van der Waals surface area contributed by atoms with Gasteiger partial charge in [0.15, 0.2) is 17.5 Å². The average Bonchev–Trinajstić information content (AvgIpc) is 2.72. The summed E-state index contributed by atoms with van der Waals surface area (Å²) < 4.78 is 10.8. The minimum atomic E-state index is 0. The van der Waals surface area contributed by atoms with E-state index in [1.54, 1.807) is 14.2 Å². The Labute approximate surface area is 193 Å². The molecular formula is C21H38IN5O2. The van der Waals surface area contributed by atoms with Gasteiger partial charge in [-0.1, -0.05) is 12.5 Å². The molecule has 8 heteroatoms. The van der Waals surface area contributed by atoms with Gasteiger partial charge in [0.05, 0.1) is 20.3 Å². The lowest BCUT2D eigenvalue weighted by Gasteiger charge is -2.28. The Hall–Kier alpha value is -1.26. The highest BCUT2D eigenvalue weighted by atomic mass is 127. The van der Waals surface area contributed by atoms with Crippen molar-refractivity contribution in [3.8, 4) is 11.5 Å². The minimum absolute atomic E-state index is 0. The third-order valence-electron chi connectivity index (χ3n) is 5.27. The number of benzene rings is 1. The van der Waals surface area contributed by atoms with Crippen LogP contribution in [0.3, 0.4) is 0 Å². The van der Waals surface area contributed by atoms with Crippen molar-refractivity contribution < 1.29 is 9.47 Å². The van der Waals surface area contributed by atoms with Crippen LogP contribution < -0.4 is 20.1 Å². The second kappa shape index (κ2) is 13.9. The van der Waals surface area contributed by atoms with E-state index in [2.05, 4.69) is 45.6 Å². The van der Waals surface area contributed by atoms with Gasteiger partial charge in [-0.15, -0.1) is 24.0 Å². The molecule has 29 heavy (non-hydrogen) atoms. The van der Waals surface area contributed by atoms with Gasteiger partial charge in [-0.25, -0.2) is 0 Å². The first-order valence-corrected chi connectivity index (χ1v) is 10.1. The number of likely N-dealkylation sites (tertiary alicyclic amines) is 1. The first kappa shape index (κ1) is 25.8. The van der Waals surface area contributed by atoms with Crippen LogP contribution in [-0.4, -0.2) is 83.8 Å². The maximum Gasteiger partial charge on any atom is 0.191 e. The number of piperidine rings is 1. The molecule has 2 rings (SSSR count). The highest BCUT2D eigenvalue weighted by Crippen LogP contribution is 2.31. The monoisotopic (exact) mass is 519 g/mol. The molecule has 0 bridgehead atoms. The van der Waals surface area contributed by atoms with Crippen LogP contribution in [0.25, 0.3) is 0 Å². The summed E-state index contributed by atoms with van der Waals surface area (Å²) in [5.41, 5.74) is 1.17. The van der Waals surface area contributed by atoms with E-state index in [0.717, 1.165) is 37.1 Å². The molecule has 0 radical (unpaired) electrons. The maximum atomic E-state index is 5.46. The van der Waals surface area contributed by atoms with Crippen LogP contribution in [0.15, 0.2) is 23.2 Å². The highest BCUT2D eigenvalue weighted by molar-refractivity contribution is 14.0. The SMILES string of the molecule is CN=C(NCCN1CCCCC1)NCC(c1ccc(OC)c(OC)c1)N(C)C.I. The lowest BCUT2D eigenvalue weighted by Crippen LogP contribution is -2.44. The molecule has 1 atom stereocenters. The van der Waals surface area contributed by atoms with Gasteiger partial charge in [0, 0.05) is 26.7 Å². The quantitative estimate of drug-likeness (QED) is 0.297. The van der Waals surface area contributed by atoms with Crippen molar-refractivity contribution in [1.82, 2.24) is 20.4 Å². The largest absolute Gasteiger partial charge is 0.493 e. The molecule has 0 aromatic heterocycles. The predicted octanol–water partition coefficient (Wildman–Crippen LogP) is 2.58. The molecular weight excluding hydrogens is 481 g/mol. The first-order valence-electron chi connectivity index (χ1n) is 10.1. The molecule has 1 saturated heterocycles. The van der Waals surface area contributed by atoms with Crippen LogP contribution in [0.5, 0.6) is 11.5 Å². The topological polar surface area (TPSA) is 61.4 Å². The molecule has 0 spiro atoms. The second-order valence-corrected chi connectivity index (χ2v) is 7.38. The Balaban J connectivity index is 0.00000420. The molecule has 166 valence electrons. The molecule has 1 aliphatic rings. The molecule has 2 N–H and O–H groups in total. The summed E-state index contributed by atoms with van der Waals surface area (Å²) in [4.78, 5) is 9.08. The van der Waals surface area contributed by atoms with Gasteiger partial charge in [-0.2, -0.15) is 0 Å². The van der Waals surface area contributed by atoms with E-state index in [4.69, 9.17) is 9.47 Å². The van der Waals surface area contributed by atoms with Crippen molar-refractivity contribution in [3.05, 3.63) is 23.8 Å². The zero-order valence-electron chi connectivity index (χ0n) is 18.5. The standard InChI is InChI=1S/C21H37N5O2.HI/c1-22-21(23-11-14-26-12-7-6-8-13-26)24-16-18(25(2)3)17-9-10-19(27-4)20(15-17)28-5;/h9-10,15,18H,6-8,11-14,16H2,1-5H3,(H2,22,23,24);1H. The van der Waals surface area contributed by atoms with Gasteiger partial charge in [0.25, 0.3) is 0 Å². The maximum absolute atomic E-state index is 5.46. The molecule has 0 aliphatic carbocycles. The van der Waals surface area contributed by atoms with Crippen LogP contribution in [-0.2, 0) is 0 Å². The van der Waals surface area contributed by atoms with E-state index < -0.39 is 0 Å². The average molecular weight is 519 g/mol. The Kier molecular flexibility index (Phi) is 12.3. The number of nitrogens with zero attached hydrogens (tertiary/aromatic N) is 3. The first-order chi connectivity index (χ1) is 13.6. The fraction of sp³-hybridized carbons (Fsp3) is 0.667. The van der Waals surface area contributed by atoms with Gasteiger partial charge >= 0.3 is 0 Å². The molecule has 1 aliphatic heterocycles. The van der Waals surface area contributed by atoms with Crippen LogP contribution in [0.4, 0.5) is 0 Å². The molecule has 1 unspecified atom stereocenters. The van der Waals surface area contributed by atoms with Crippen molar-refractivity contribution in [2.24, 2.45) is 4.99 Å². The van der Waals surface area contributed by atoms with Gasteiger partial charge in [-0.3, -0.25) is 4.99 Å². The van der Waals surface area contributed by atoms with Crippen molar-refractivity contribution in [2.45, 2.75) is 25.3 Å². The molecule has 1 fully saturated rings. The van der Waals surface area contributed by atoms with Crippen LogP contribution >= 0.6 is 24.0 Å².